The number of amides is 2. The zero-order valence-electron chi connectivity index (χ0n) is 15.3. The summed E-state index contributed by atoms with van der Waals surface area (Å²) in [5.41, 5.74) is 1.57. The molecule has 0 aromatic heterocycles. The molecule has 0 aliphatic rings. The normalized spacial score (nSPS) is 11.4. The van der Waals surface area contributed by atoms with Crippen LogP contribution in [0.15, 0.2) is 58.3 Å². The maximum absolute atomic E-state index is 12.3. The maximum atomic E-state index is 12.3. The molecule has 2 rings (SSSR count). The predicted octanol–water partition coefficient (Wildman–Crippen LogP) is 3.32. The molecule has 26 heavy (non-hydrogen) atoms. The molecule has 0 heterocycles. The Labute approximate surface area is 159 Å². The average Bonchev–Trinajstić information content (AvgIpc) is 2.62. The van der Waals surface area contributed by atoms with Crippen molar-refractivity contribution in [2.24, 2.45) is 0 Å². The summed E-state index contributed by atoms with van der Waals surface area (Å²) in [4.78, 5) is 15.2. The first kappa shape index (κ1) is 20.3. The predicted molar refractivity (Wildman–Crippen MR) is 106 cm³/mol. The van der Waals surface area contributed by atoms with Gasteiger partial charge in [0.1, 0.15) is 0 Å². The van der Waals surface area contributed by atoms with E-state index >= 15 is 0 Å². The fraction of sp³-hybridized carbons (Fsp3) is 0.278. The lowest BCUT2D eigenvalue weighted by molar-refractivity contribution is 0.220. The van der Waals surface area contributed by atoms with Gasteiger partial charge in [-0.3, -0.25) is 0 Å². The van der Waals surface area contributed by atoms with Crippen LogP contribution < -0.4 is 5.32 Å². The summed E-state index contributed by atoms with van der Waals surface area (Å²) < 4.78 is 25.3. The topological polar surface area (TPSA) is 69.7 Å². The van der Waals surface area contributed by atoms with Crippen LogP contribution >= 0.6 is 11.8 Å². The van der Waals surface area contributed by atoms with Crippen LogP contribution in [-0.2, 0) is 16.6 Å². The van der Waals surface area contributed by atoms with E-state index in [0.717, 1.165) is 9.87 Å². The van der Waals surface area contributed by atoms with Gasteiger partial charge >= 0.3 is 6.03 Å². The minimum Gasteiger partial charge on any atom is -0.323 e. The number of urea groups is 1. The Morgan fingerprint density at radius 3 is 2.08 bits per heavy atom. The van der Waals surface area contributed by atoms with Crippen LogP contribution in [0.3, 0.4) is 0 Å². The first-order valence-corrected chi connectivity index (χ1v) is 10.6. The van der Waals surface area contributed by atoms with Gasteiger partial charge in [-0.1, -0.05) is 12.1 Å². The number of benzene rings is 2. The van der Waals surface area contributed by atoms with E-state index in [1.807, 2.05) is 30.5 Å². The SMILES string of the molecule is CSc1ccc(CN(C)C(=O)Nc2ccc(S(=O)(=O)N(C)C)cc2)cc1. The molecule has 1 N–H and O–H groups in total. The molecule has 0 atom stereocenters. The standard InChI is InChI=1S/C18H23N3O3S2/c1-20(2)26(23,24)17-11-7-15(8-12-17)19-18(22)21(3)13-14-5-9-16(25-4)10-6-14/h5-12H,13H2,1-4H3,(H,19,22). The van der Waals surface area contributed by atoms with Crippen molar-refractivity contribution in [3.63, 3.8) is 0 Å². The van der Waals surface area contributed by atoms with Gasteiger partial charge in [0.25, 0.3) is 0 Å². The van der Waals surface area contributed by atoms with Gasteiger partial charge < -0.3 is 10.2 Å². The molecule has 140 valence electrons. The molecule has 2 aromatic rings. The summed E-state index contributed by atoms with van der Waals surface area (Å²) >= 11 is 1.67. The minimum atomic E-state index is -3.48. The number of nitrogens with zero attached hydrogens (tertiary/aromatic N) is 2. The molecule has 2 aromatic carbocycles. The first-order chi connectivity index (χ1) is 12.2. The van der Waals surface area contributed by atoms with Crippen LogP contribution in [0.5, 0.6) is 0 Å². The van der Waals surface area contributed by atoms with Gasteiger partial charge in [-0.25, -0.2) is 17.5 Å². The quantitative estimate of drug-likeness (QED) is 0.765. The van der Waals surface area contributed by atoms with Crippen LogP contribution in [0.25, 0.3) is 0 Å². The minimum absolute atomic E-state index is 0.183. The summed E-state index contributed by atoms with van der Waals surface area (Å²) in [6.07, 6.45) is 2.02. The molecule has 0 aliphatic heterocycles. The van der Waals surface area contributed by atoms with Gasteiger partial charge in [0.15, 0.2) is 0 Å². The molecular formula is C18H23N3O3S2. The van der Waals surface area contributed by atoms with Crippen LogP contribution in [0.2, 0.25) is 0 Å². The van der Waals surface area contributed by atoms with Crippen LogP contribution in [0.4, 0.5) is 10.5 Å². The van der Waals surface area contributed by atoms with E-state index in [4.69, 9.17) is 0 Å². The number of carbonyl (C=O) groups is 1. The van der Waals surface area contributed by atoms with Gasteiger partial charge in [-0.2, -0.15) is 0 Å². The molecule has 8 heteroatoms. The number of hydrogen-bond donors (Lipinski definition) is 1. The number of carbonyl (C=O) groups excluding carboxylic acids is 1. The maximum Gasteiger partial charge on any atom is 0.321 e. The van der Waals surface area contributed by atoms with Crippen molar-refractivity contribution in [2.45, 2.75) is 16.3 Å². The summed E-state index contributed by atoms with van der Waals surface area (Å²) in [7, 11) is 1.19. The lowest BCUT2D eigenvalue weighted by Crippen LogP contribution is -2.30. The molecule has 0 aliphatic carbocycles. The third kappa shape index (κ3) is 5.00. The van der Waals surface area contributed by atoms with Gasteiger partial charge in [0.05, 0.1) is 4.90 Å². The number of rotatable bonds is 6. The van der Waals surface area contributed by atoms with E-state index in [-0.39, 0.29) is 10.9 Å². The van der Waals surface area contributed by atoms with Crippen molar-refractivity contribution < 1.29 is 13.2 Å². The second-order valence-electron chi connectivity index (χ2n) is 5.95. The smallest absolute Gasteiger partial charge is 0.321 e. The highest BCUT2D eigenvalue weighted by atomic mass is 32.2. The third-order valence-corrected chi connectivity index (χ3v) is 6.38. The Hall–Kier alpha value is -2.03. The van der Waals surface area contributed by atoms with E-state index in [1.165, 1.54) is 31.1 Å². The number of sulfonamides is 1. The molecule has 0 saturated carbocycles. The van der Waals surface area contributed by atoms with E-state index in [0.29, 0.717) is 12.2 Å². The van der Waals surface area contributed by atoms with Crippen LogP contribution in [-0.4, -0.2) is 51.1 Å². The van der Waals surface area contributed by atoms with Gasteiger partial charge in [-0.05, 0) is 48.2 Å². The fourth-order valence-electron chi connectivity index (χ4n) is 2.22. The molecule has 0 spiro atoms. The largest absolute Gasteiger partial charge is 0.323 e. The third-order valence-electron chi connectivity index (χ3n) is 3.81. The average molecular weight is 394 g/mol. The monoisotopic (exact) mass is 393 g/mol. The van der Waals surface area contributed by atoms with Gasteiger partial charge in [0, 0.05) is 38.3 Å². The van der Waals surface area contributed by atoms with Gasteiger partial charge in [-0.15, -0.1) is 11.8 Å². The molecule has 0 unspecified atom stereocenters. The Kier molecular flexibility index (Phi) is 6.69. The Balaban J connectivity index is 2.00. The lowest BCUT2D eigenvalue weighted by Gasteiger charge is -2.18. The molecule has 2 amide bonds. The molecule has 0 bridgehead atoms. The van der Waals surface area contributed by atoms with Crippen LogP contribution in [0, 0.1) is 0 Å². The van der Waals surface area contributed by atoms with E-state index in [1.54, 1.807) is 35.8 Å². The highest BCUT2D eigenvalue weighted by Gasteiger charge is 2.17. The van der Waals surface area contributed by atoms with Crippen molar-refractivity contribution >= 4 is 33.5 Å². The number of thioether (sulfide) groups is 1. The fourth-order valence-corrected chi connectivity index (χ4v) is 3.53. The number of nitrogens with one attached hydrogen (secondary N) is 1. The highest BCUT2D eigenvalue weighted by Crippen LogP contribution is 2.18. The van der Waals surface area contributed by atoms with E-state index < -0.39 is 10.0 Å². The van der Waals surface area contributed by atoms with Crippen molar-refractivity contribution in [3.05, 3.63) is 54.1 Å². The zero-order valence-corrected chi connectivity index (χ0v) is 16.9. The molecular weight excluding hydrogens is 370 g/mol. The van der Waals surface area contributed by atoms with E-state index in [9.17, 15) is 13.2 Å². The Bertz CT molecular complexity index is 848. The second kappa shape index (κ2) is 8.57. The van der Waals surface area contributed by atoms with E-state index in [2.05, 4.69) is 5.32 Å². The van der Waals surface area contributed by atoms with Crippen molar-refractivity contribution in [1.82, 2.24) is 9.21 Å². The lowest BCUT2D eigenvalue weighted by atomic mass is 10.2. The second-order valence-corrected chi connectivity index (χ2v) is 8.98. The molecule has 6 nitrogen and oxygen atoms in total. The van der Waals surface area contributed by atoms with Crippen molar-refractivity contribution in [3.8, 4) is 0 Å². The summed E-state index contributed by atoms with van der Waals surface area (Å²) in [6, 6.07) is 13.9. The molecule has 0 fully saturated rings. The van der Waals surface area contributed by atoms with Gasteiger partial charge in [0.2, 0.25) is 10.0 Å². The summed E-state index contributed by atoms with van der Waals surface area (Å²) in [5.74, 6) is 0. The van der Waals surface area contributed by atoms with Crippen molar-refractivity contribution in [1.29, 1.82) is 0 Å². The first-order valence-electron chi connectivity index (χ1n) is 7.91. The van der Waals surface area contributed by atoms with Crippen molar-refractivity contribution in [2.75, 3.05) is 32.7 Å². The molecule has 0 radical (unpaired) electrons. The summed E-state index contributed by atoms with van der Waals surface area (Å²) in [5, 5.41) is 2.77. The molecule has 0 saturated heterocycles. The zero-order chi connectivity index (χ0) is 19.3. The highest BCUT2D eigenvalue weighted by molar-refractivity contribution is 7.98. The number of hydrogen-bond acceptors (Lipinski definition) is 4. The van der Waals surface area contributed by atoms with Crippen LogP contribution in [0.1, 0.15) is 5.56 Å². The Morgan fingerprint density at radius 2 is 1.58 bits per heavy atom. The Morgan fingerprint density at radius 1 is 1.00 bits per heavy atom. The number of anilines is 1. The summed E-state index contributed by atoms with van der Waals surface area (Å²) in [6.45, 7) is 0.480.